The monoisotopic (exact) mass is 284 g/mol. The van der Waals surface area contributed by atoms with E-state index in [1.807, 2.05) is 6.26 Å². The van der Waals surface area contributed by atoms with Crippen molar-refractivity contribution in [1.82, 2.24) is 0 Å². The molecule has 1 unspecified atom stereocenters. The van der Waals surface area contributed by atoms with Crippen molar-refractivity contribution < 1.29 is 9.53 Å². The molecule has 0 aromatic carbocycles. The molecule has 112 valence electrons. The number of aliphatic hydroxyl groups excluding tert-OH is 1. The minimum absolute atomic E-state index is 0.271. The smallest absolute Gasteiger partial charge is 0.257 e. The number of hydrogen-bond acceptors (Lipinski definition) is 2. The summed E-state index contributed by atoms with van der Waals surface area (Å²) in [5, 5.41) is 10.0. The molecule has 1 aliphatic rings. The third-order valence-corrected chi connectivity index (χ3v) is 10.7. The summed E-state index contributed by atoms with van der Waals surface area (Å²) >= 11 is 0. The highest BCUT2D eigenvalue weighted by Crippen LogP contribution is 2.42. The van der Waals surface area contributed by atoms with Crippen molar-refractivity contribution in [3.05, 3.63) is 11.8 Å². The van der Waals surface area contributed by atoms with E-state index in [0.717, 1.165) is 24.8 Å². The van der Waals surface area contributed by atoms with Crippen LogP contribution in [0.5, 0.6) is 0 Å². The van der Waals surface area contributed by atoms with E-state index in [1.54, 1.807) is 0 Å². The van der Waals surface area contributed by atoms with Crippen LogP contribution in [0.4, 0.5) is 0 Å². The minimum Gasteiger partial charge on any atom is -0.548 e. The largest absolute Gasteiger partial charge is 0.548 e. The van der Waals surface area contributed by atoms with Crippen LogP contribution in [0, 0.1) is 0 Å². The summed E-state index contributed by atoms with van der Waals surface area (Å²) in [4.78, 5) is 0. The van der Waals surface area contributed by atoms with Crippen molar-refractivity contribution in [2.45, 2.75) is 90.0 Å². The zero-order valence-electron chi connectivity index (χ0n) is 13.6. The lowest BCUT2D eigenvalue weighted by Crippen LogP contribution is -2.46. The van der Waals surface area contributed by atoms with E-state index in [9.17, 15) is 5.11 Å². The van der Waals surface area contributed by atoms with Gasteiger partial charge in [0.15, 0.2) is 0 Å². The van der Waals surface area contributed by atoms with Crippen LogP contribution < -0.4 is 0 Å². The third-order valence-electron chi connectivity index (χ3n) is 4.74. The zero-order valence-corrected chi connectivity index (χ0v) is 14.6. The number of hydrogen-bond donors (Lipinski definition) is 1. The predicted molar refractivity (Wildman–Crippen MR) is 84.7 cm³/mol. The molecule has 1 atom stereocenters. The fourth-order valence-corrected chi connectivity index (χ4v) is 8.91. The Labute approximate surface area is 120 Å². The SMILES string of the molecule is CC(C)[Si](O/C=C1\CCCCC1O)(C(C)C)C(C)C. The molecular weight excluding hydrogens is 252 g/mol. The van der Waals surface area contributed by atoms with E-state index >= 15 is 0 Å². The molecule has 2 nitrogen and oxygen atoms in total. The Morgan fingerprint density at radius 1 is 1.05 bits per heavy atom. The Morgan fingerprint density at radius 3 is 2.00 bits per heavy atom. The molecule has 1 aliphatic carbocycles. The predicted octanol–water partition coefficient (Wildman–Crippen LogP) is 5.00. The summed E-state index contributed by atoms with van der Waals surface area (Å²) < 4.78 is 6.44. The molecule has 0 aliphatic heterocycles. The fraction of sp³-hybridized carbons (Fsp3) is 0.875. The van der Waals surface area contributed by atoms with Gasteiger partial charge in [0.05, 0.1) is 12.4 Å². The van der Waals surface area contributed by atoms with Gasteiger partial charge in [0, 0.05) is 0 Å². The number of rotatable bonds is 5. The van der Waals surface area contributed by atoms with Gasteiger partial charge in [-0.2, -0.15) is 0 Å². The van der Waals surface area contributed by atoms with Crippen LogP contribution in [0.2, 0.25) is 16.6 Å². The van der Waals surface area contributed by atoms with E-state index in [1.165, 1.54) is 6.42 Å². The van der Waals surface area contributed by atoms with Crippen molar-refractivity contribution in [3.8, 4) is 0 Å². The van der Waals surface area contributed by atoms with E-state index in [2.05, 4.69) is 41.5 Å². The van der Waals surface area contributed by atoms with Crippen LogP contribution in [0.25, 0.3) is 0 Å². The topological polar surface area (TPSA) is 29.5 Å². The Balaban J connectivity index is 2.92. The standard InChI is InChI=1S/C16H32O2Si/c1-12(2)19(13(3)4,14(5)6)18-11-15-9-7-8-10-16(15)17/h11-14,16-17H,7-10H2,1-6H3/b15-11+. The Hall–Kier alpha value is -0.283. The lowest BCUT2D eigenvalue weighted by atomic mass is 9.93. The molecule has 0 saturated heterocycles. The third kappa shape index (κ3) is 3.63. The first-order valence-corrected chi connectivity index (χ1v) is 10.0. The molecule has 1 fully saturated rings. The van der Waals surface area contributed by atoms with Gasteiger partial charge in [-0.3, -0.25) is 0 Å². The van der Waals surface area contributed by atoms with Gasteiger partial charge in [-0.1, -0.05) is 48.0 Å². The Kier molecular flexibility index (Phi) is 6.12. The summed E-state index contributed by atoms with van der Waals surface area (Å²) in [6.07, 6.45) is 5.89. The van der Waals surface area contributed by atoms with Crippen LogP contribution in [-0.2, 0) is 4.43 Å². The van der Waals surface area contributed by atoms with Crippen LogP contribution in [0.3, 0.4) is 0 Å². The lowest BCUT2D eigenvalue weighted by molar-refractivity contribution is 0.174. The molecule has 0 aromatic rings. The normalized spacial score (nSPS) is 23.7. The van der Waals surface area contributed by atoms with E-state index in [4.69, 9.17) is 4.43 Å². The highest BCUT2D eigenvalue weighted by atomic mass is 28.4. The maximum Gasteiger partial charge on any atom is 0.257 e. The summed E-state index contributed by atoms with van der Waals surface area (Å²) in [5.74, 6) is 0. The van der Waals surface area contributed by atoms with Crippen LogP contribution in [0.15, 0.2) is 11.8 Å². The van der Waals surface area contributed by atoms with E-state index < -0.39 is 8.32 Å². The number of aliphatic hydroxyl groups is 1. The molecule has 0 aromatic heterocycles. The van der Waals surface area contributed by atoms with Crippen molar-refractivity contribution in [2.75, 3.05) is 0 Å². The second-order valence-electron chi connectivity index (χ2n) is 6.89. The molecule has 1 rings (SSSR count). The molecule has 0 heterocycles. The zero-order chi connectivity index (χ0) is 14.6. The molecule has 0 amide bonds. The quantitative estimate of drug-likeness (QED) is 0.569. The highest BCUT2D eigenvalue weighted by molar-refractivity contribution is 6.77. The summed E-state index contributed by atoms with van der Waals surface area (Å²) in [6.45, 7) is 13.8. The van der Waals surface area contributed by atoms with Crippen molar-refractivity contribution in [1.29, 1.82) is 0 Å². The van der Waals surface area contributed by atoms with Crippen LogP contribution in [-0.4, -0.2) is 19.5 Å². The molecule has 1 N–H and O–H groups in total. The molecule has 0 bridgehead atoms. The van der Waals surface area contributed by atoms with Gasteiger partial charge in [0.2, 0.25) is 0 Å². The minimum atomic E-state index is -1.83. The van der Waals surface area contributed by atoms with Gasteiger partial charge in [-0.05, 0) is 41.5 Å². The first kappa shape index (κ1) is 16.8. The average molecular weight is 285 g/mol. The van der Waals surface area contributed by atoms with Gasteiger partial charge in [-0.15, -0.1) is 0 Å². The highest BCUT2D eigenvalue weighted by Gasteiger charge is 2.46. The van der Waals surface area contributed by atoms with Gasteiger partial charge in [-0.25, -0.2) is 0 Å². The second-order valence-corrected chi connectivity index (χ2v) is 12.3. The first-order chi connectivity index (χ1) is 8.82. The van der Waals surface area contributed by atoms with Gasteiger partial charge in [0.25, 0.3) is 8.32 Å². The Bertz CT molecular complexity index is 286. The van der Waals surface area contributed by atoms with Crippen molar-refractivity contribution in [2.24, 2.45) is 0 Å². The van der Waals surface area contributed by atoms with Gasteiger partial charge >= 0.3 is 0 Å². The van der Waals surface area contributed by atoms with Crippen LogP contribution >= 0.6 is 0 Å². The van der Waals surface area contributed by atoms with E-state index in [0.29, 0.717) is 16.6 Å². The second kappa shape index (κ2) is 6.94. The van der Waals surface area contributed by atoms with Crippen LogP contribution in [0.1, 0.15) is 67.2 Å². The van der Waals surface area contributed by atoms with Crippen molar-refractivity contribution >= 4 is 8.32 Å². The molecule has 3 heteroatoms. The molecule has 19 heavy (non-hydrogen) atoms. The summed E-state index contributed by atoms with van der Waals surface area (Å²) in [5.41, 5.74) is 2.88. The first-order valence-electron chi connectivity index (χ1n) is 7.87. The lowest BCUT2D eigenvalue weighted by Gasteiger charge is -2.41. The maximum absolute atomic E-state index is 10.0. The van der Waals surface area contributed by atoms with Gasteiger partial charge < -0.3 is 9.53 Å². The molecule has 0 radical (unpaired) electrons. The average Bonchev–Trinajstić information content (AvgIpc) is 2.30. The summed E-state index contributed by atoms with van der Waals surface area (Å²) in [6, 6.07) is 0. The van der Waals surface area contributed by atoms with Crippen molar-refractivity contribution in [3.63, 3.8) is 0 Å². The Morgan fingerprint density at radius 2 is 1.58 bits per heavy atom. The van der Waals surface area contributed by atoms with E-state index in [-0.39, 0.29) is 6.10 Å². The molecular formula is C16H32O2Si. The molecule has 0 spiro atoms. The maximum atomic E-state index is 10.0. The van der Waals surface area contributed by atoms with Gasteiger partial charge in [0.1, 0.15) is 0 Å². The molecule has 1 saturated carbocycles. The summed E-state index contributed by atoms with van der Waals surface area (Å²) in [7, 11) is -1.83. The fourth-order valence-electron chi connectivity index (χ4n) is 3.74.